The first kappa shape index (κ1) is 19.0. The first-order valence-corrected chi connectivity index (χ1v) is 9.20. The summed E-state index contributed by atoms with van der Waals surface area (Å²) in [5.41, 5.74) is 2.38. The van der Waals surface area contributed by atoms with Crippen molar-refractivity contribution < 1.29 is 14.7 Å². The van der Waals surface area contributed by atoms with Gasteiger partial charge in [0.2, 0.25) is 5.91 Å². The van der Waals surface area contributed by atoms with Gasteiger partial charge in [0.25, 0.3) is 0 Å². The largest absolute Gasteiger partial charge is 0.478 e. The van der Waals surface area contributed by atoms with E-state index >= 15 is 0 Å². The molecule has 1 aliphatic heterocycles. The topological polar surface area (TPSA) is 83.4 Å². The zero-order valence-electron chi connectivity index (χ0n) is 16.0. The molecule has 1 N–H and O–H groups in total. The van der Waals surface area contributed by atoms with Crippen LogP contribution in [0.1, 0.15) is 55.5 Å². The molecule has 142 valence electrons. The molecule has 1 saturated heterocycles. The quantitative estimate of drug-likeness (QED) is 0.896. The molecule has 6 heteroatoms. The van der Waals surface area contributed by atoms with Crippen molar-refractivity contribution in [3.8, 4) is 11.3 Å². The summed E-state index contributed by atoms with van der Waals surface area (Å²) in [5.74, 6) is -0.435. The van der Waals surface area contributed by atoms with Crippen molar-refractivity contribution in [1.29, 1.82) is 0 Å². The van der Waals surface area contributed by atoms with Crippen LogP contribution in [-0.4, -0.2) is 44.9 Å². The predicted molar refractivity (Wildman–Crippen MR) is 102 cm³/mol. The van der Waals surface area contributed by atoms with E-state index in [1.807, 2.05) is 37.8 Å². The molecule has 0 atom stereocenters. The average Bonchev–Trinajstić information content (AvgIpc) is 2.67. The smallest absolute Gasteiger partial charge is 0.337 e. The van der Waals surface area contributed by atoms with Crippen molar-refractivity contribution in [2.45, 2.75) is 39.5 Å². The number of likely N-dealkylation sites (tertiary alicyclic amines) is 1. The van der Waals surface area contributed by atoms with E-state index in [0.29, 0.717) is 11.5 Å². The molecule has 2 aromatic rings. The summed E-state index contributed by atoms with van der Waals surface area (Å²) < 4.78 is 0. The molecule has 3 rings (SSSR count). The van der Waals surface area contributed by atoms with E-state index in [1.165, 1.54) is 11.8 Å². The maximum atomic E-state index is 12.4. The molecule has 0 unspecified atom stereocenters. The van der Waals surface area contributed by atoms with Crippen LogP contribution in [0, 0.1) is 5.41 Å². The van der Waals surface area contributed by atoms with Crippen molar-refractivity contribution in [3.05, 3.63) is 47.9 Å². The van der Waals surface area contributed by atoms with Crippen molar-refractivity contribution >= 4 is 11.9 Å². The second-order valence-electron chi connectivity index (χ2n) is 8.06. The summed E-state index contributed by atoms with van der Waals surface area (Å²) in [4.78, 5) is 34.0. The van der Waals surface area contributed by atoms with Crippen LogP contribution in [0.15, 0.2) is 36.8 Å². The number of aromatic nitrogens is 2. The summed E-state index contributed by atoms with van der Waals surface area (Å²) in [6.45, 7) is 7.38. The van der Waals surface area contributed by atoms with Crippen LogP contribution in [-0.2, 0) is 4.79 Å². The fourth-order valence-corrected chi connectivity index (χ4v) is 3.45. The van der Waals surface area contributed by atoms with Crippen LogP contribution < -0.4 is 0 Å². The minimum atomic E-state index is -1.00. The Hall–Kier alpha value is -2.76. The Balaban J connectivity index is 1.75. The Labute approximate surface area is 159 Å². The number of aromatic carboxylic acids is 1. The summed E-state index contributed by atoms with van der Waals surface area (Å²) >= 11 is 0. The zero-order chi connectivity index (χ0) is 19.6. The van der Waals surface area contributed by atoms with Gasteiger partial charge in [-0.1, -0.05) is 20.8 Å². The van der Waals surface area contributed by atoms with Gasteiger partial charge >= 0.3 is 5.97 Å². The van der Waals surface area contributed by atoms with E-state index in [-0.39, 0.29) is 16.9 Å². The van der Waals surface area contributed by atoms with Gasteiger partial charge < -0.3 is 10.0 Å². The Morgan fingerprint density at radius 2 is 1.85 bits per heavy atom. The van der Waals surface area contributed by atoms with Crippen molar-refractivity contribution in [1.82, 2.24) is 14.9 Å². The number of pyridine rings is 2. The molecular weight excluding hydrogens is 342 g/mol. The Bertz CT molecular complexity index is 850. The molecule has 0 aromatic carbocycles. The standard InChI is InChI=1S/C21H25N3O3/c1-21(2,3)20(27)24-8-5-14(6-9-24)15-4-7-23-18(11-15)16-10-17(19(25)26)13-22-12-16/h4,7,10-14H,5-6,8-9H2,1-3H3,(H,25,26). The number of hydrogen-bond acceptors (Lipinski definition) is 4. The second kappa shape index (κ2) is 7.47. The molecule has 0 radical (unpaired) electrons. The highest BCUT2D eigenvalue weighted by Crippen LogP contribution is 2.31. The van der Waals surface area contributed by atoms with Gasteiger partial charge in [0.05, 0.1) is 11.3 Å². The van der Waals surface area contributed by atoms with Gasteiger partial charge in [0.1, 0.15) is 0 Å². The van der Waals surface area contributed by atoms with Crippen molar-refractivity contribution in [3.63, 3.8) is 0 Å². The molecule has 0 spiro atoms. The third kappa shape index (κ3) is 4.32. The molecule has 3 heterocycles. The summed E-state index contributed by atoms with van der Waals surface area (Å²) in [6.07, 6.45) is 6.54. The fraction of sp³-hybridized carbons (Fsp3) is 0.429. The first-order valence-electron chi connectivity index (χ1n) is 9.20. The lowest BCUT2D eigenvalue weighted by Crippen LogP contribution is -2.43. The highest BCUT2D eigenvalue weighted by atomic mass is 16.4. The molecule has 2 aromatic heterocycles. The SMILES string of the molecule is CC(C)(C)C(=O)N1CCC(c2ccnc(-c3cncc(C(=O)O)c3)c2)CC1. The van der Waals surface area contributed by atoms with Gasteiger partial charge in [0, 0.05) is 42.7 Å². The number of piperidine rings is 1. The van der Waals surface area contributed by atoms with Gasteiger partial charge in [-0.3, -0.25) is 14.8 Å². The van der Waals surface area contributed by atoms with Crippen LogP contribution in [0.25, 0.3) is 11.3 Å². The number of rotatable bonds is 3. The van der Waals surface area contributed by atoms with Gasteiger partial charge in [-0.05, 0) is 42.5 Å². The highest BCUT2D eigenvalue weighted by Gasteiger charge is 2.30. The number of nitrogens with zero attached hydrogens (tertiary/aromatic N) is 3. The van der Waals surface area contributed by atoms with E-state index in [4.69, 9.17) is 5.11 Å². The lowest BCUT2D eigenvalue weighted by atomic mass is 9.87. The number of hydrogen-bond donors (Lipinski definition) is 1. The molecule has 0 saturated carbocycles. The molecule has 1 amide bonds. The third-order valence-corrected chi connectivity index (χ3v) is 4.96. The van der Waals surface area contributed by atoms with Crippen molar-refractivity contribution in [2.75, 3.05) is 13.1 Å². The van der Waals surface area contributed by atoms with Gasteiger partial charge in [-0.2, -0.15) is 0 Å². The van der Waals surface area contributed by atoms with Crippen LogP contribution in [0.4, 0.5) is 0 Å². The molecule has 27 heavy (non-hydrogen) atoms. The van der Waals surface area contributed by atoms with E-state index in [0.717, 1.165) is 31.6 Å². The molecule has 0 aliphatic carbocycles. The maximum Gasteiger partial charge on any atom is 0.337 e. The number of carboxylic acids is 1. The van der Waals surface area contributed by atoms with E-state index in [1.54, 1.807) is 18.5 Å². The Kier molecular flexibility index (Phi) is 5.26. The number of carboxylic acid groups (broad SMARTS) is 1. The van der Waals surface area contributed by atoms with E-state index in [9.17, 15) is 9.59 Å². The minimum Gasteiger partial charge on any atom is -0.478 e. The maximum absolute atomic E-state index is 12.4. The minimum absolute atomic E-state index is 0.147. The number of carbonyl (C=O) groups is 2. The summed E-state index contributed by atoms with van der Waals surface area (Å²) in [7, 11) is 0. The van der Waals surface area contributed by atoms with E-state index < -0.39 is 5.97 Å². The van der Waals surface area contributed by atoms with Crippen molar-refractivity contribution in [2.24, 2.45) is 5.41 Å². The molecule has 1 fully saturated rings. The average molecular weight is 367 g/mol. The Morgan fingerprint density at radius 1 is 1.15 bits per heavy atom. The molecular formula is C21H25N3O3. The number of carbonyl (C=O) groups excluding carboxylic acids is 1. The van der Waals surface area contributed by atoms with Gasteiger partial charge in [-0.25, -0.2) is 4.79 Å². The fourth-order valence-electron chi connectivity index (χ4n) is 3.45. The molecule has 0 bridgehead atoms. The predicted octanol–water partition coefficient (Wildman–Crippen LogP) is 3.59. The lowest BCUT2D eigenvalue weighted by molar-refractivity contribution is -0.140. The van der Waals surface area contributed by atoms with Crippen LogP contribution in [0.3, 0.4) is 0 Å². The molecule has 1 aliphatic rings. The second-order valence-corrected chi connectivity index (χ2v) is 8.06. The normalized spacial score (nSPS) is 15.6. The summed E-state index contributed by atoms with van der Waals surface area (Å²) in [6, 6.07) is 5.60. The van der Waals surface area contributed by atoms with Crippen LogP contribution in [0.2, 0.25) is 0 Å². The van der Waals surface area contributed by atoms with Crippen LogP contribution in [0.5, 0.6) is 0 Å². The van der Waals surface area contributed by atoms with Gasteiger partial charge in [-0.15, -0.1) is 0 Å². The molecule has 6 nitrogen and oxygen atoms in total. The van der Waals surface area contributed by atoms with E-state index in [2.05, 4.69) is 9.97 Å². The van der Waals surface area contributed by atoms with Gasteiger partial charge in [0.15, 0.2) is 0 Å². The monoisotopic (exact) mass is 367 g/mol. The van der Waals surface area contributed by atoms with Crippen LogP contribution >= 0.6 is 0 Å². The third-order valence-electron chi connectivity index (χ3n) is 4.96. The highest BCUT2D eigenvalue weighted by molar-refractivity contribution is 5.88. The summed E-state index contributed by atoms with van der Waals surface area (Å²) in [5, 5.41) is 9.15. The lowest BCUT2D eigenvalue weighted by Gasteiger charge is -2.36. The zero-order valence-corrected chi connectivity index (χ0v) is 16.0. The Morgan fingerprint density at radius 3 is 2.48 bits per heavy atom. The number of amides is 1. The first-order chi connectivity index (χ1) is 12.8.